The first kappa shape index (κ1) is 29.0. The number of ether oxygens (including phenoxy) is 2. The molecule has 0 atom stereocenters. The molecule has 5 rings (SSSR count). The van der Waals surface area contributed by atoms with Crippen LogP contribution in [0.1, 0.15) is 35.2 Å². The van der Waals surface area contributed by atoms with Gasteiger partial charge >= 0.3 is 5.97 Å². The fourth-order valence-corrected chi connectivity index (χ4v) is 5.49. The van der Waals surface area contributed by atoms with Gasteiger partial charge < -0.3 is 19.5 Å². The molecule has 1 fully saturated rings. The summed E-state index contributed by atoms with van der Waals surface area (Å²) in [4.78, 5) is 28.1. The number of carbonyl (C=O) groups is 2. The van der Waals surface area contributed by atoms with Crippen LogP contribution in [0.15, 0.2) is 95.5 Å². The molecule has 42 heavy (non-hydrogen) atoms. The number of nitrogens with one attached hydrogen (secondary N) is 1. The average Bonchev–Trinajstić information content (AvgIpc) is 3.01. The molecule has 0 saturated carbocycles. The maximum Gasteiger partial charge on any atom is 0.339 e. The molecule has 0 spiro atoms. The summed E-state index contributed by atoms with van der Waals surface area (Å²) in [6.45, 7) is 1.83. The van der Waals surface area contributed by atoms with Gasteiger partial charge in [0, 0.05) is 23.6 Å². The van der Waals surface area contributed by atoms with Crippen LogP contribution in [0.4, 0.5) is 17.1 Å². The third kappa shape index (κ3) is 6.86. The number of methoxy groups -OCH3 is 1. The number of hydrazine groups is 1. The first-order valence-corrected chi connectivity index (χ1v) is 14.6. The number of hydrogen-bond donors (Lipinski definition) is 2. The summed E-state index contributed by atoms with van der Waals surface area (Å²) < 4.78 is 11.9. The van der Waals surface area contributed by atoms with Crippen molar-refractivity contribution in [2.24, 2.45) is 0 Å². The van der Waals surface area contributed by atoms with Crippen LogP contribution in [0.25, 0.3) is 0 Å². The van der Waals surface area contributed by atoms with Gasteiger partial charge in [0.05, 0.1) is 30.6 Å². The highest BCUT2D eigenvalue weighted by Gasteiger charge is 2.25. The van der Waals surface area contributed by atoms with E-state index in [9.17, 15) is 14.7 Å². The van der Waals surface area contributed by atoms with Crippen LogP contribution in [0.3, 0.4) is 0 Å². The van der Waals surface area contributed by atoms with Crippen molar-refractivity contribution in [1.29, 1.82) is 0 Å². The molecule has 4 aromatic rings. The minimum Gasteiger partial charge on any atom is -0.496 e. The van der Waals surface area contributed by atoms with E-state index < -0.39 is 5.97 Å². The number of amides is 1. The van der Waals surface area contributed by atoms with Gasteiger partial charge in [-0.3, -0.25) is 10.2 Å². The summed E-state index contributed by atoms with van der Waals surface area (Å²) in [5.74, 6) is 0.176. The molecule has 1 aliphatic rings. The number of carbonyl (C=O) groups excluding carboxylic acids is 1. The van der Waals surface area contributed by atoms with Gasteiger partial charge in [0.15, 0.2) is 0 Å². The summed E-state index contributed by atoms with van der Waals surface area (Å²) in [6.07, 6.45) is 3.36. The second-order valence-electron chi connectivity index (χ2n) is 9.95. The predicted octanol–water partition coefficient (Wildman–Crippen LogP) is 7.54. The SMILES string of the molecule is COc1cc(CC(=O)N(Nc2cccc(Oc3ccccc3)c2)c2ccccc2N2CCCCC2)c(Br)cc1C(=O)O. The lowest BCUT2D eigenvalue weighted by molar-refractivity contribution is -0.117. The van der Waals surface area contributed by atoms with Crippen molar-refractivity contribution >= 4 is 44.9 Å². The van der Waals surface area contributed by atoms with Crippen LogP contribution < -0.4 is 24.8 Å². The van der Waals surface area contributed by atoms with E-state index in [0.717, 1.165) is 37.3 Å². The molecule has 9 heteroatoms. The van der Waals surface area contributed by atoms with Gasteiger partial charge in [0.2, 0.25) is 5.91 Å². The van der Waals surface area contributed by atoms with E-state index >= 15 is 0 Å². The number of aromatic carboxylic acids is 1. The molecule has 4 aromatic carbocycles. The van der Waals surface area contributed by atoms with Crippen LogP contribution in [-0.2, 0) is 11.2 Å². The number of carboxylic acids is 1. The fourth-order valence-electron chi connectivity index (χ4n) is 5.00. The Hall–Kier alpha value is -4.50. The maximum absolute atomic E-state index is 14.1. The second kappa shape index (κ2) is 13.4. The number of carboxylic acid groups (broad SMARTS) is 1. The third-order valence-corrected chi connectivity index (χ3v) is 7.80. The zero-order valence-electron chi connectivity index (χ0n) is 23.3. The summed E-state index contributed by atoms with van der Waals surface area (Å²) in [7, 11) is 1.41. The molecule has 1 heterocycles. The van der Waals surface area contributed by atoms with Gasteiger partial charge in [-0.2, -0.15) is 0 Å². The number of piperidine rings is 1. The zero-order chi connectivity index (χ0) is 29.5. The molecule has 0 radical (unpaired) electrons. The molecule has 0 aromatic heterocycles. The smallest absolute Gasteiger partial charge is 0.339 e. The van der Waals surface area contributed by atoms with Gasteiger partial charge in [-0.05, 0) is 73.4 Å². The van der Waals surface area contributed by atoms with Gasteiger partial charge in [0.25, 0.3) is 0 Å². The van der Waals surface area contributed by atoms with Crippen molar-refractivity contribution in [2.75, 3.05) is 35.5 Å². The van der Waals surface area contributed by atoms with Crippen LogP contribution in [0.5, 0.6) is 17.2 Å². The monoisotopic (exact) mass is 629 g/mol. The normalized spacial score (nSPS) is 12.9. The molecule has 0 bridgehead atoms. The van der Waals surface area contributed by atoms with E-state index in [-0.39, 0.29) is 23.6 Å². The Morgan fingerprint density at radius 2 is 1.62 bits per heavy atom. The Balaban J connectivity index is 1.50. The zero-order valence-corrected chi connectivity index (χ0v) is 24.8. The highest BCUT2D eigenvalue weighted by Crippen LogP contribution is 2.34. The molecule has 1 saturated heterocycles. The number of nitrogens with zero attached hydrogens (tertiary/aromatic N) is 2. The second-order valence-corrected chi connectivity index (χ2v) is 10.8. The minimum atomic E-state index is -1.11. The fraction of sp³-hybridized carbons (Fsp3) is 0.212. The molecule has 1 aliphatic heterocycles. The Bertz CT molecular complexity index is 1560. The van der Waals surface area contributed by atoms with Crippen molar-refractivity contribution in [2.45, 2.75) is 25.7 Å². The number of benzene rings is 4. The first-order valence-electron chi connectivity index (χ1n) is 13.8. The number of para-hydroxylation sites is 3. The molecular weight excluding hydrogens is 598 g/mol. The summed E-state index contributed by atoms with van der Waals surface area (Å²) >= 11 is 3.46. The predicted molar refractivity (Wildman–Crippen MR) is 168 cm³/mol. The highest BCUT2D eigenvalue weighted by molar-refractivity contribution is 9.10. The van der Waals surface area contributed by atoms with Crippen molar-refractivity contribution in [1.82, 2.24) is 0 Å². The summed E-state index contributed by atoms with van der Waals surface area (Å²) in [5.41, 5.74) is 6.31. The Morgan fingerprint density at radius 1 is 0.905 bits per heavy atom. The largest absolute Gasteiger partial charge is 0.496 e. The Kier molecular flexibility index (Phi) is 9.28. The standard InChI is InChI=1S/C33H32BrN3O5/c1-41-31-19-23(28(34)22-27(31)33(39)40)20-32(38)37(30-16-7-6-15-29(30)36-17-8-3-9-18-36)35-24-11-10-14-26(21-24)42-25-12-4-2-5-13-25/h2,4-7,10-16,19,21-22,35H,3,8-9,17-18,20H2,1H3,(H,39,40). The molecule has 2 N–H and O–H groups in total. The van der Waals surface area contributed by atoms with Crippen LogP contribution in [0, 0.1) is 0 Å². The van der Waals surface area contributed by atoms with Gasteiger partial charge in [-0.1, -0.05) is 52.3 Å². The lowest BCUT2D eigenvalue weighted by atomic mass is 10.1. The summed E-state index contributed by atoms with van der Waals surface area (Å²) in [5, 5.41) is 11.1. The maximum atomic E-state index is 14.1. The molecule has 216 valence electrons. The van der Waals surface area contributed by atoms with E-state index in [1.807, 2.05) is 78.9 Å². The number of anilines is 3. The van der Waals surface area contributed by atoms with E-state index in [0.29, 0.717) is 27.2 Å². The Morgan fingerprint density at radius 3 is 2.36 bits per heavy atom. The average molecular weight is 631 g/mol. The van der Waals surface area contributed by atoms with Crippen LogP contribution in [-0.4, -0.2) is 37.2 Å². The molecule has 8 nitrogen and oxygen atoms in total. The minimum absolute atomic E-state index is 0.0150. The highest BCUT2D eigenvalue weighted by atomic mass is 79.9. The summed E-state index contributed by atoms with van der Waals surface area (Å²) in [6, 6.07) is 27.9. The van der Waals surface area contributed by atoms with Crippen molar-refractivity contribution in [3.8, 4) is 17.2 Å². The lowest BCUT2D eigenvalue weighted by Crippen LogP contribution is -2.39. The number of rotatable bonds is 10. The van der Waals surface area contributed by atoms with Crippen molar-refractivity contribution < 1.29 is 24.2 Å². The third-order valence-electron chi connectivity index (χ3n) is 7.06. The molecule has 0 unspecified atom stereocenters. The lowest BCUT2D eigenvalue weighted by Gasteiger charge is -2.34. The van der Waals surface area contributed by atoms with E-state index in [1.54, 1.807) is 11.1 Å². The molecule has 1 amide bonds. The van der Waals surface area contributed by atoms with E-state index in [4.69, 9.17) is 9.47 Å². The molecular formula is C33H32BrN3O5. The number of halogens is 1. The van der Waals surface area contributed by atoms with Crippen LogP contribution in [0.2, 0.25) is 0 Å². The van der Waals surface area contributed by atoms with Crippen molar-refractivity contribution in [3.63, 3.8) is 0 Å². The quantitative estimate of drug-likeness (QED) is 0.175. The topological polar surface area (TPSA) is 91.3 Å². The van der Waals surface area contributed by atoms with Gasteiger partial charge in [0.1, 0.15) is 22.8 Å². The first-order chi connectivity index (χ1) is 20.4. The van der Waals surface area contributed by atoms with E-state index in [1.165, 1.54) is 19.6 Å². The van der Waals surface area contributed by atoms with Gasteiger partial charge in [-0.15, -0.1) is 0 Å². The Labute approximate surface area is 253 Å². The molecule has 0 aliphatic carbocycles. The number of hydrogen-bond acceptors (Lipinski definition) is 6. The van der Waals surface area contributed by atoms with E-state index in [2.05, 4.69) is 26.3 Å². The van der Waals surface area contributed by atoms with Gasteiger partial charge in [-0.25, -0.2) is 9.80 Å². The van der Waals surface area contributed by atoms with Crippen molar-refractivity contribution in [3.05, 3.63) is 107 Å². The van der Waals surface area contributed by atoms with Crippen LogP contribution >= 0.6 is 15.9 Å².